The van der Waals surface area contributed by atoms with E-state index in [0.717, 1.165) is 11.1 Å². The van der Waals surface area contributed by atoms with Crippen LogP contribution in [0, 0.1) is 0 Å². The van der Waals surface area contributed by atoms with Crippen molar-refractivity contribution in [2.75, 3.05) is 0 Å². The second-order valence-electron chi connectivity index (χ2n) is 3.67. The minimum absolute atomic E-state index is 0.179. The Labute approximate surface area is 109 Å². The summed E-state index contributed by atoms with van der Waals surface area (Å²) in [5, 5.41) is 10.4. The molecule has 88 valence electrons. The lowest BCUT2D eigenvalue weighted by atomic mass is 10.2. The predicted molar refractivity (Wildman–Crippen MR) is 71.5 cm³/mol. The maximum Gasteiger partial charge on any atom is 0.165 e. The van der Waals surface area contributed by atoms with E-state index in [0.29, 0.717) is 17.7 Å². The SMILES string of the molecule is Oc1cccc(CBr)c1OCc1ccccc1. The summed E-state index contributed by atoms with van der Waals surface area (Å²) in [4.78, 5) is 0. The van der Waals surface area contributed by atoms with Crippen molar-refractivity contribution in [2.45, 2.75) is 11.9 Å². The van der Waals surface area contributed by atoms with E-state index in [2.05, 4.69) is 15.9 Å². The summed E-state index contributed by atoms with van der Waals surface area (Å²) in [6.45, 7) is 0.457. The van der Waals surface area contributed by atoms with Gasteiger partial charge in [0.15, 0.2) is 11.5 Å². The summed E-state index contributed by atoms with van der Waals surface area (Å²) in [7, 11) is 0. The van der Waals surface area contributed by atoms with Crippen LogP contribution < -0.4 is 4.74 Å². The summed E-state index contributed by atoms with van der Waals surface area (Å²) in [5.74, 6) is 0.728. The minimum Gasteiger partial charge on any atom is -0.504 e. The largest absolute Gasteiger partial charge is 0.504 e. The number of hydrogen-bond acceptors (Lipinski definition) is 2. The quantitative estimate of drug-likeness (QED) is 0.867. The molecule has 0 aliphatic carbocycles. The van der Waals surface area contributed by atoms with Crippen LogP contribution in [0.1, 0.15) is 11.1 Å². The molecule has 2 aromatic carbocycles. The van der Waals surface area contributed by atoms with Crippen molar-refractivity contribution >= 4 is 15.9 Å². The van der Waals surface area contributed by atoms with E-state index >= 15 is 0 Å². The van der Waals surface area contributed by atoms with Crippen LogP contribution in [0.15, 0.2) is 48.5 Å². The zero-order valence-corrected chi connectivity index (χ0v) is 10.9. The van der Waals surface area contributed by atoms with Gasteiger partial charge in [0.2, 0.25) is 0 Å². The van der Waals surface area contributed by atoms with Crippen LogP contribution in [-0.4, -0.2) is 5.11 Å². The van der Waals surface area contributed by atoms with Gasteiger partial charge in [-0.15, -0.1) is 0 Å². The van der Waals surface area contributed by atoms with Gasteiger partial charge in [-0.25, -0.2) is 0 Å². The fourth-order valence-electron chi connectivity index (χ4n) is 1.57. The summed E-state index contributed by atoms with van der Waals surface area (Å²) < 4.78 is 5.66. The van der Waals surface area contributed by atoms with E-state index in [1.807, 2.05) is 36.4 Å². The van der Waals surface area contributed by atoms with Gasteiger partial charge in [-0.3, -0.25) is 0 Å². The van der Waals surface area contributed by atoms with Crippen molar-refractivity contribution in [2.24, 2.45) is 0 Å². The van der Waals surface area contributed by atoms with E-state index in [1.54, 1.807) is 12.1 Å². The van der Waals surface area contributed by atoms with Gasteiger partial charge < -0.3 is 9.84 Å². The van der Waals surface area contributed by atoms with E-state index in [4.69, 9.17) is 4.74 Å². The molecule has 0 aromatic heterocycles. The lowest BCUT2D eigenvalue weighted by Crippen LogP contribution is -1.97. The molecule has 0 saturated carbocycles. The van der Waals surface area contributed by atoms with Crippen molar-refractivity contribution in [3.8, 4) is 11.5 Å². The predicted octanol–water partition coefficient (Wildman–Crippen LogP) is 3.87. The molecule has 1 N–H and O–H groups in total. The Bertz CT molecular complexity index is 483. The van der Waals surface area contributed by atoms with Crippen molar-refractivity contribution in [1.29, 1.82) is 0 Å². The van der Waals surface area contributed by atoms with Crippen LogP contribution in [0.2, 0.25) is 0 Å². The minimum atomic E-state index is 0.179. The van der Waals surface area contributed by atoms with Crippen LogP contribution in [-0.2, 0) is 11.9 Å². The number of aromatic hydroxyl groups is 1. The number of benzene rings is 2. The molecule has 0 unspecified atom stereocenters. The van der Waals surface area contributed by atoms with Crippen molar-refractivity contribution < 1.29 is 9.84 Å². The third-order valence-corrected chi connectivity index (χ3v) is 3.05. The number of phenols is 1. The Hall–Kier alpha value is -1.48. The Morgan fingerprint density at radius 2 is 1.76 bits per heavy atom. The van der Waals surface area contributed by atoms with Gasteiger partial charge in [-0.2, -0.15) is 0 Å². The van der Waals surface area contributed by atoms with E-state index in [9.17, 15) is 5.11 Å². The van der Waals surface area contributed by atoms with Crippen LogP contribution in [0.4, 0.5) is 0 Å². The molecule has 0 atom stereocenters. The van der Waals surface area contributed by atoms with Crippen LogP contribution >= 0.6 is 15.9 Å². The van der Waals surface area contributed by atoms with Gasteiger partial charge in [0.05, 0.1) is 0 Å². The Kier molecular flexibility index (Phi) is 4.04. The second-order valence-corrected chi connectivity index (χ2v) is 4.23. The molecule has 2 nitrogen and oxygen atoms in total. The van der Waals surface area contributed by atoms with Gasteiger partial charge in [0.1, 0.15) is 6.61 Å². The summed E-state index contributed by atoms with van der Waals surface area (Å²) >= 11 is 3.38. The lowest BCUT2D eigenvalue weighted by molar-refractivity contribution is 0.287. The second kappa shape index (κ2) is 5.73. The monoisotopic (exact) mass is 292 g/mol. The number of alkyl halides is 1. The average molecular weight is 293 g/mol. The molecule has 0 radical (unpaired) electrons. The number of para-hydroxylation sites is 1. The topological polar surface area (TPSA) is 29.5 Å². The average Bonchev–Trinajstić information content (AvgIpc) is 2.38. The summed E-state index contributed by atoms with van der Waals surface area (Å²) in [6, 6.07) is 15.3. The highest BCUT2D eigenvalue weighted by molar-refractivity contribution is 9.08. The Morgan fingerprint density at radius 3 is 2.47 bits per heavy atom. The van der Waals surface area contributed by atoms with Gasteiger partial charge >= 0.3 is 0 Å². The Morgan fingerprint density at radius 1 is 1.00 bits per heavy atom. The van der Waals surface area contributed by atoms with Gasteiger partial charge in [-0.05, 0) is 11.6 Å². The highest BCUT2D eigenvalue weighted by Crippen LogP contribution is 2.32. The molecule has 0 saturated heterocycles. The molecule has 2 aromatic rings. The molecule has 0 fully saturated rings. The molecular formula is C14H13BrO2. The highest BCUT2D eigenvalue weighted by atomic mass is 79.9. The van der Waals surface area contributed by atoms with E-state index < -0.39 is 0 Å². The maximum absolute atomic E-state index is 9.75. The summed E-state index contributed by atoms with van der Waals surface area (Å²) in [5.41, 5.74) is 2.03. The molecule has 17 heavy (non-hydrogen) atoms. The first kappa shape index (κ1) is 12.0. The number of phenolic OH excluding ortho intramolecular Hbond substituents is 1. The molecule has 0 spiro atoms. The first-order valence-electron chi connectivity index (χ1n) is 5.35. The molecular weight excluding hydrogens is 280 g/mol. The normalized spacial score (nSPS) is 10.2. The van der Waals surface area contributed by atoms with E-state index in [-0.39, 0.29) is 5.75 Å². The molecule has 3 heteroatoms. The summed E-state index contributed by atoms with van der Waals surface area (Å²) in [6.07, 6.45) is 0. The zero-order chi connectivity index (χ0) is 12.1. The smallest absolute Gasteiger partial charge is 0.165 e. The van der Waals surface area contributed by atoms with Crippen LogP contribution in [0.3, 0.4) is 0 Å². The van der Waals surface area contributed by atoms with Crippen molar-refractivity contribution in [3.63, 3.8) is 0 Å². The van der Waals surface area contributed by atoms with E-state index in [1.165, 1.54) is 0 Å². The van der Waals surface area contributed by atoms with Gasteiger partial charge in [-0.1, -0.05) is 58.4 Å². The molecule has 0 aliphatic rings. The number of hydrogen-bond donors (Lipinski definition) is 1. The number of halogens is 1. The molecule has 2 rings (SSSR count). The maximum atomic E-state index is 9.75. The number of ether oxygens (including phenoxy) is 1. The van der Waals surface area contributed by atoms with Crippen molar-refractivity contribution in [3.05, 3.63) is 59.7 Å². The fraction of sp³-hybridized carbons (Fsp3) is 0.143. The first-order chi connectivity index (χ1) is 8.31. The van der Waals surface area contributed by atoms with Gasteiger partial charge in [0.25, 0.3) is 0 Å². The molecule has 0 bridgehead atoms. The first-order valence-corrected chi connectivity index (χ1v) is 6.47. The van der Waals surface area contributed by atoms with Crippen molar-refractivity contribution in [1.82, 2.24) is 0 Å². The van der Waals surface area contributed by atoms with Crippen LogP contribution in [0.5, 0.6) is 11.5 Å². The standard InChI is InChI=1S/C14H13BrO2/c15-9-12-7-4-8-13(16)14(12)17-10-11-5-2-1-3-6-11/h1-8,16H,9-10H2. The van der Waals surface area contributed by atoms with Crippen LogP contribution in [0.25, 0.3) is 0 Å². The van der Waals surface area contributed by atoms with Gasteiger partial charge in [0, 0.05) is 10.9 Å². The zero-order valence-electron chi connectivity index (χ0n) is 9.27. The third-order valence-electron chi connectivity index (χ3n) is 2.45. The molecule has 0 heterocycles. The fourth-order valence-corrected chi connectivity index (χ4v) is 2.01. The molecule has 0 aliphatic heterocycles. The lowest BCUT2D eigenvalue weighted by Gasteiger charge is -2.11. The molecule has 0 amide bonds. The number of rotatable bonds is 4. The highest BCUT2D eigenvalue weighted by Gasteiger charge is 2.08. The Balaban J connectivity index is 2.14. The third kappa shape index (κ3) is 3.01.